The lowest BCUT2D eigenvalue weighted by Gasteiger charge is -2.23. The minimum Gasteiger partial charge on any atom is -0.484 e. The molecule has 0 saturated carbocycles. The second kappa shape index (κ2) is 11.0. The normalized spacial score (nSPS) is 14.1. The van der Waals surface area contributed by atoms with Crippen LogP contribution in [-0.4, -0.2) is 70.6 Å². The van der Waals surface area contributed by atoms with E-state index < -0.39 is 18.0 Å². The Balaban J connectivity index is 1.49. The molecule has 9 nitrogen and oxygen atoms in total. The number of pyridine rings is 2. The molecule has 1 aromatic carbocycles. The van der Waals surface area contributed by atoms with Gasteiger partial charge >= 0.3 is 6.09 Å². The number of carbonyl (C=O) groups excluding carboxylic acids is 1. The first-order valence-corrected chi connectivity index (χ1v) is 11.6. The molecular formula is C26H28FN5O4. The molecule has 1 aliphatic heterocycles. The van der Waals surface area contributed by atoms with Crippen LogP contribution in [0.1, 0.15) is 34.1 Å². The highest BCUT2D eigenvalue weighted by molar-refractivity contribution is 5.99. The number of carbonyl (C=O) groups is 2. The molecule has 0 saturated heterocycles. The van der Waals surface area contributed by atoms with Gasteiger partial charge < -0.3 is 24.5 Å². The predicted molar refractivity (Wildman–Crippen MR) is 132 cm³/mol. The number of halogens is 1. The lowest BCUT2D eigenvalue weighted by molar-refractivity contribution is 0.0751. The Labute approximate surface area is 208 Å². The van der Waals surface area contributed by atoms with E-state index in [-0.39, 0.29) is 30.4 Å². The molecular weight excluding hydrogens is 465 g/mol. The van der Waals surface area contributed by atoms with Crippen molar-refractivity contribution in [3.8, 4) is 5.75 Å². The zero-order valence-corrected chi connectivity index (χ0v) is 20.2. The summed E-state index contributed by atoms with van der Waals surface area (Å²) in [7, 11) is 3.35. The Bertz CT molecular complexity index is 1230. The summed E-state index contributed by atoms with van der Waals surface area (Å²) in [4.78, 5) is 37.4. The van der Waals surface area contributed by atoms with E-state index >= 15 is 4.39 Å². The fourth-order valence-electron chi connectivity index (χ4n) is 4.01. The lowest BCUT2D eigenvalue weighted by atomic mass is 10.1. The van der Waals surface area contributed by atoms with Gasteiger partial charge in [0.2, 0.25) is 0 Å². The molecule has 2 amide bonds. The van der Waals surface area contributed by atoms with E-state index in [0.29, 0.717) is 30.9 Å². The molecule has 0 spiro atoms. The summed E-state index contributed by atoms with van der Waals surface area (Å²) in [5.74, 6) is 0.0108. The smallest absolute Gasteiger partial charge is 0.407 e. The van der Waals surface area contributed by atoms with Crippen LogP contribution in [0.2, 0.25) is 0 Å². The van der Waals surface area contributed by atoms with Crippen molar-refractivity contribution in [2.24, 2.45) is 0 Å². The van der Waals surface area contributed by atoms with Crippen LogP contribution in [0.25, 0.3) is 0 Å². The predicted octanol–water partition coefficient (Wildman–Crippen LogP) is 3.83. The quantitative estimate of drug-likeness (QED) is 0.509. The highest BCUT2D eigenvalue weighted by Crippen LogP contribution is 2.27. The Hall–Kier alpha value is -4.21. The number of hydrogen-bond donors (Lipinski definition) is 1. The van der Waals surface area contributed by atoms with Crippen molar-refractivity contribution in [1.82, 2.24) is 19.8 Å². The minimum absolute atomic E-state index is 0.0125. The molecule has 1 N–H and O–H groups in total. The van der Waals surface area contributed by atoms with Crippen LogP contribution in [0.4, 0.5) is 15.0 Å². The maximum absolute atomic E-state index is 15.1. The number of nitrogens with zero attached hydrogens (tertiary/aromatic N) is 5. The van der Waals surface area contributed by atoms with Gasteiger partial charge in [0, 0.05) is 52.4 Å². The van der Waals surface area contributed by atoms with Crippen molar-refractivity contribution in [3.63, 3.8) is 0 Å². The number of aromatic nitrogens is 2. The van der Waals surface area contributed by atoms with Crippen molar-refractivity contribution in [1.29, 1.82) is 0 Å². The highest BCUT2D eigenvalue weighted by Gasteiger charge is 2.27. The second-order valence-corrected chi connectivity index (χ2v) is 8.63. The molecule has 0 radical (unpaired) electrons. The van der Waals surface area contributed by atoms with Crippen LogP contribution in [0.5, 0.6) is 5.75 Å². The van der Waals surface area contributed by atoms with Gasteiger partial charge in [-0.1, -0.05) is 30.3 Å². The van der Waals surface area contributed by atoms with Gasteiger partial charge in [-0.2, -0.15) is 0 Å². The zero-order valence-electron chi connectivity index (χ0n) is 20.2. The number of fused-ring (bicyclic) bond motifs is 1. The zero-order chi connectivity index (χ0) is 25.7. The number of anilines is 1. The van der Waals surface area contributed by atoms with Crippen LogP contribution in [0, 0.1) is 5.82 Å². The first-order valence-electron chi connectivity index (χ1n) is 11.6. The summed E-state index contributed by atoms with van der Waals surface area (Å²) in [6.07, 6.45) is 1.91. The summed E-state index contributed by atoms with van der Waals surface area (Å²) < 4.78 is 21.1. The third-order valence-corrected chi connectivity index (χ3v) is 6.11. The monoisotopic (exact) mass is 493 g/mol. The Kier molecular flexibility index (Phi) is 7.62. The Morgan fingerprint density at radius 1 is 1.19 bits per heavy atom. The Morgan fingerprint density at radius 3 is 2.69 bits per heavy atom. The van der Waals surface area contributed by atoms with Gasteiger partial charge in [0.1, 0.15) is 23.5 Å². The van der Waals surface area contributed by atoms with Crippen molar-refractivity contribution >= 4 is 17.8 Å². The molecule has 36 heavy (non-hydrogen) atoms. The van der Waals surface area contributed by atoms with Gasteiger partial charge in [0.25, 0.3) is 5.91 Å². The van der Waals surface area contributed by atoms with Crippen molar-refractivity contribution in [3.05, 3.63) is 83.6 Å². The molecule has 0 aliphatic carbocycles. The van der Waals surface area contributed by atoms with E-state index in [9.17, 15) is 9.59 Å². The van der Waals surface area contributed by atoms with Gasteiger partial charge in [-0.05, 0) is 17.7 Å². The maximum Gasteiger partial charge on any atom is 0.407 e. The molecule has 1 atom stereocenters. The number of rotatable bonds is 8. The summed E-state index contributed by atoms with van der Waals surface area (Å²) in [6, 6.07) is 14.0. The lowest BCUT2D eigenvalue weighted by Crippen LogP contribution is -2.34. The minimum atomic E-state index is -1.04. The third kappa shape index (κ3) is 5.70. The average Bonchev–Trinajstić information content (AvgIpc) is 3.00. The first kappa shape index (κ1) is 24.9. The van der Waals surface area contributed by atoms with E-state index in [0.717, 1.165) is 5.56 Å². The van der Waals surface area contributed by atoms with E-state index in [2.05, 4.69) is 9.97 Å². The number of ether oxygens (including phenoxy) is 1. The summed E-state index contributed by atoms with van der Waals surface area (Å²) >= 11 is 0. The van der Waals surface area contributed by atoms with E-state index in [1.807, 2.05) is 42.3 Å². The number of carboxylic acid groups (broad SMARTS) is 1. The average molecular weight is 494 g/mol. The summed E-state index contributed by atoms with van der Waals surface area (Å²) in [5, 5.41) is 9.15. The molecule has 0 bridgehead atoms. The third-order valence-electron chi connectivity index (χ3n) is 6.11. The maximum atomic E-state index is 15.1. The van der Waals surface area contributed by atoms with Gasteiger partial charge in [-0.15, -0.1) is 0 Å². The molecule has 4 rings (SSSR count). The van der Waals surface area contributed by atoms with Gasteiger partial charge in [0.15, 0.2) is 0 Å². The van der Waals surface area contributed by atoms with Gasteiger partial charge in [-0.3, -0.25) is 9.78 Å². The van der Waals surface area contributed by atoms with Crippen molar-refractivity contribution in [2.45, 2.75) is 19.1 Å². The van der Waals surface area contributed by atoms with Crippen LogP contribution >= 0.6 is 0 Å². The largest absolute Gasteiger partial charge is 0.484 e. The number of likely N-dealkylation sites (N-methyl/N-ethyl adjacent to an activating group) is 1. The highest BCUT2D eigenvalue weighted by atomic mass is 19.1. The summed E-state index contributed by atoms with van der Waals surface area (Å²) in [6.45, 7) is 1.21. The van der Waals surface area contributed by atoms with Crippen LogP contribution in [0.3, 0.4) is 0 Å². The topological polar surface area (TPSA) is 99.1 Å². The molecule has 10 heteroatoms. The standard InChI is InChI=1S/C26H28FN5O4/c1-30-13-14-32(25(33)20-9-6-11-28-24(20)30)17-22-21(27)15-19(16-29-22)36-23(10-12-31(2)26(34)35)18-7-4-3-5-8-18/h3-9,11,15-16,23H,10,12-14,17H2,1-2H3,(H,34,35). The van der Waals surface area contributed by atoms with Crippen molar-refractivity contribution in [2.75, 3.05) is 38.6 Å². The van der Waals surface area contributed by atoms with Crippen LogP contribution in [0.15, 0.2) is 60.9 Å². The van der Waals surface area contributed by atoms with Gasteiger partial charge in [0.05, 0.1) is 24.0 Å². The molecule has 3 heterocycles. The summed E-state index contributed by atoms with van der Waals surface area (Å²) in [5.41, 5.74) is 1.44. The Morgan fingerprint density at radius 2 is 1.97 bits per heavy atom. The molecule has 2 aromatic heterocycles. The number of benzene rings is 1. The molecule has 188 valence electrons. The molecule has 1 unspecified atom stereocenters. The first-order chi connectivity index (χ1) is 17.3. The van der Waals surface area contributed by atoms with E-state index in [1.54, 1.807) is 23.2 Å². The van der Waals surface area contributed by atoms with Crippen LogP contribution < -0.4 is 9.64 Å². The SMILES string of the molecule is CN(CCC(Oc1cnc(CN2CCN(C)c3ncccc3C2=O)c(F)c1)c1ccccc1)C(=O)O. The molecule has 0 fully saturated rings. The fraction of sp³-hybridized carbons (Fsp3) is 0.308. The number of hydrogen-bond acceptors (Lipinski definition) is 6. The van der Waals surface area contributed by atoms with E-state index in [4.69, 9.17) is 9.84 Å². The van der Waals surface area contributed by atoms with Gasteiger partial charge in [-0.25, -0.2) is 14.2 Å². The second-order valence-electron chi connectivity index (χ2n) is 8.63. The van der Waals surface area contributed by atoms with Crippen LogP contribution in [-0.2, 0) is 6.54 Å². The van der Waals surface area contributed by atoms with E-state index in [1.165, 1.54) is 24.2 Å². The number of amides is 2. The fourth-order valence-corrected chi connectivity index (χ4v) is 4.01. The van der Waals surface area contributed by atoms with Crippen molar-refractivity contribution < 1.29 is 23.8 Å². The molecule has 3 aromatic rings. The molecule has 1 aliphatic rings.